The lowest BCUT2D eigenvalue weighted by Gasteiger charge is -2.43. The van der Waals surface area contributed by atoms with Crippen molar-refractivity contribution < 1.29 is 19.0 Å². The second kappa shape index (κ2) is 4.11. The fourth-order valence-electron chi connectivity index (χ4n) is 2.56. The number of ether oxygens (including phenoxy) is 1. The monoisotopic (exact) mass is 238 g/mol. The van der Waals surface area contributed by atoms with E-state index < -0.39 is 17.5 Å². The molecule has 3 nitrogen and oxygen atoms in total. The van der Waals surface area contributed by atoms with Crippen molar-refractivity contribution in [3.63, 3.8) is 0 Å². The summed E-state index contributed by atoms with van der Waals surface area (Å²) in [5, 5.41) is 9.45. The van der Waals surface area contributed by atoms with Crippen LogP contribution in [0.15, 0.2) is 18.2 Å². The number of benzene rings is 1. The summed E-state index contributed by atoms with van der Waals surface area (Å²) in [6, 6.07) is 4.66. The van der Waals surface area contributed by atoms with Crippen LogP contribution in [0.25, 0.3) is 0 Å². The molecule has 0 spiro atoms. The lowest BCUT2D eigenvalue weighted by atomic mass is 9.61. The van der Waals surface area contributed by atoms with Gasteiger partial charge in [0.25, 0.3) is 0 Å². The molecule has 17 heavy (non-hydrogen) atoms. The first-order chi connectivity index (χ1) is 8.01. The van der Waals surface area contributed by atoms with E-state index in [0.29, 0.717) is 24.0 Å². The molecule has 1 aromatic rings. The van der Waals surface area contributed by atoms with Crippen molar-refractivity contribution in [2.75, 3.05) is 7.11 Å². The van der Waals surface area contributed by atoms with E-state index in [2.05, 4.69) is 0 Å². The van der Waals surface area contributed by atoms with Crippen LogP contribution in [-0.4, -0.2) is 24.3 Å². The maximum Gasteiger partial charge on any atom is 0.316 e. The Labute approximate surface area is 99.2 Å². The van der Waals surface area contributed by atoms with Crippen molar-refractivity contribution in [1.29, 1.82) is 0 Å². The Kier molecular flexibility index (Phi) is 2.91. The van der Waals surface area contributed by atoms with Gasteiger partial charge in [-0.15, -0.1) is 0 Å². The highest BCUT2D eigenvalue weighted by Gasteiger charge is 2.52. The van der Waals surface area contributed by atoms with Crippen molar-refractivity contribution in [1.82, 2.24) is 0 Å². The largest absolute Gasteiger partial charge is 0.468 e. The van der Waals surface area contributed by atoms with Gasteiger partial charge >= 0.3 is 5.97 Å². The van der Waals surface area contributed by atoms with E-state index >= 15 is 0 Å². The van der Waals surface area contributed by atoms with E-state index in [1.165, 1.54) is 13.2 Å². The highest BCUT2D eigenvalue weighted by Crippen LogP contribution is 2.46. The molecule has 0 radical (unpaired) electrons. The normalized spacial score (nSPS) is 27.4. The van der Waals surface area contributed by atoms with Gasteiger partial charge in [-0.2, -0.15) is 0 Å². The number of hydrogen-bond donors (Lipinski definition) is 1. The molecule has 1 aliphatic rings. The minimum absolute atomic E-state index is 0.296. The Balaban J connectivity index is 2.48. The number of esters is 1. The molecule has 1 fully saturated rings. The van der Waals surface area contributed by atoms with Crippen molar-refractivity contribution in [2.24, 2.45) is 0 Å². The van der Waals surface area contributed by atoms with Crippen molar-refractivity contribution in [2.45, 2.75) is 31.3 Å². The first-order valence-corrected chi connectivity index (χ1v) is 5.53. The summed E-state index contributed by atoms with van der Waals surface area (Å²) in [5.41, 5.74) is 0.194. The first kappa shape index (κ1) is 12.0. The molecule has 0 atom stereocenters. The molecule has 1 aromatic carbocycles. The Morgan fingerprint density at radius 1 is 1.53 bits per heavy atom. The van der Waals surface area contributed by atoms with Crippen LogP contribution >= 0.6 is 0 Å². The zero-order valence-corrected chi connectivity index (χ0v) is 9.87. The molecule has 0 bridgehead atoms. The van der Waals surface area contributed by atoms with Gasteiger partial charge < -0.3 is 9.84 Å². The molecule has 0 amide bonds. The molecule has 0 saturated heterocycles. The van der Waals surface area contributed by atoms with Gasteiger partial charge in [-0.3, -0.25) is 4.79 Å². The maximum atomic E-state index is 13.5. The fourth-order valence-corrected chi connectivity index (χ4v) is 2.56. The summed E-state index contributed by atoms with van der Waals surface area (Å²) in [5.74, 6) is -0.747. The molecular weight excluding hydrogens is 223 g/mol. The molecule has 0 heterocycles. The van der Waals surface area contributed by atoms with Crippen molar-refractivity contribution in [3.05, 3.63) is 35.1 Å². The van der Waals surface area contributed by atoms with Gasteiger partial charge in [0.1, 0.15) is 5.82 Å². The van der Waals surface area contributed by atoms with Gasteiger partial charge in [0.05, 0.1) is 18.6 Å². The van der Waals surface area contributed by atoms with Crippen LogP contribution in [0, 0.1) is 12.7 Å². The van der Waals surface area contributed by atoms with Crippen LogP contribution < -0.4 is 0 Å². The average Bonchev–Trinajstić information content (AvgIpc) is 2.27. The number of rotatable bonds is 2. The summed E-state index contributed by atoms with van der Waals surface area (Å²) >= 11 is 0. The molecule has 0 aliphatic heterocycles. The topological polar surface area (TPSA) is 46.5 Å². The summed E-state index contributed by atoms with van der Waals surface area (Å²) in [6.45, 7) is 1.64. The highest BCUT2D eigenvalue weighted by atomic mass is 19.1. The number of carbonyl (C=O) groups is 1. The van der Waals surface area contributed by atoms with Crippen LogP contribution in [0.5, 0.6) is 0 Å². The lowest BCUT2D eigenvalue weighted by Crippen LogP contribution is -2.51. The number of methoxy groups -OCH3 is 1. The number of halogens is 1. The molecule has 4 heteroatoms. The molecule has 0 aromatic heterocycles. The van der Waals surface area contributed by atoms with Crippen LogP contribution in [0.3, 0.4) is 0 Å². The third-order valence-electron chi connectivity index (χ3n) is 3.53. The zero-order chi connectivity index (χ0) is 12.6. The third-order valence-corrected chi connectivity index (χ3v) is 3.53. The molecule has 92 valence electrons. The zero-order valence-electron chi connectivity index (χ0n) is 9.87. The third kappa shape index (κ3) is 1.72. The predicted molar refractivity (Wildman–Crippen MR) is 60.1 cm³/mol. The average molecular weight is 238 g/mol. The number of aliphatic hydroxyl groups is 1. The quantitative estimate of drug-likeness (QED) is 0.798. The number of aliphatic hydroxyl groups excluding tert-OH is 1. The predicted octanol–water partition coefficient (Wildman–Crippen LogP) is 1.70. The minimum Gasteiger partial charge on any atom is -0.468 e. The molecule has 1 aliphatic carbocycles. The highest BCUT2D eigenvalue weighted by molar-refractivity contribution is 5.85. The standard InChI is InChI=1S/C13H15FO3/c1-8-10(4-3-5-11(8)14)13(12(16)17-2)6-9(15)7-13/h3-5,9,15H,6-7H2,1-2H3. The second-order valence-electron chi connectivity index (χ2n) is 4.55. The van der Waals surface area contributed by atoms with Crippen LogP contribution in [0.1, 0.15) is 24.0 Å². The van der Waals surface area contributed by atoms with E-state index in [1.807, 2.05) is 0 Å². The van der Waals surface area contributed by atoms with Gasteiger partial charge in [-0.05, 0) is 37.0 Å². The summed E-state index contributed by atoms with van der Waals surface area (Å²) in [6.07, 6.45) is 0.0743. The molecule has 2 rings (SSSR count). The van der Waals surface area contributed by atoms with E-state index in [4.69, 9.17) is 4.74 Å². The van der Waals surface area contributed by atoms with Crippen LogP contribution in [-0.2, 0) is 14.9 Å². The maximum absolute atomic E-state index is 13.5. The molecule has 1 saturated carbocycles. The molecule has 1 N–H and O–H groups in total. The Bertz CT molecular complexity index is 450. The van der Waals surface area contributed by atoms with Crippen molar-refractivity contribution >= 4 is 5.97 Å². The Morgan fingerprint density at radius 2 is 2.18 bits per heavy atom. The Hall–Kier alpha value is -1.42. The van der Waals surface area contributed by atoms with E-state index in [-0.39, 0.29) is 5.82 Å². The summed E-state index contributed by atoms with van der Waals surface area (Å²) in [4.78, 5) is 11.9. The fraction of sp³-hybridized carbons (Fsp3) is 0.462. The number of hydrogen-bond acceptors (Lipinski definition) is 3. The van der Waals surface area contributed by atoms with Gasteiger partial charge in [0.15, 0.2) is 0 Å². The second-order valence-corrected chi connectivity index (χ2v) is 4.55. The lowest BCUT2D eigenvalue weighted by molar-refractivity contribution is -0.156. The molecular formula is C13H15FO3. The SMILES string of the molecule is COC(=O)C1(c2cccc(F)c2C)CC(O)C1. The van der Waals surface area contributed by atoms with Gasteiger partial charge in [0.2, 0.25) is 0 Å². The van der Waals surface area contributed by atoms with E-state index in [1.54, 1.807) is 19.1 Å². The first-order valence-electron chi connectivity index (χ1n) is 5.53. The minimum atomic E-state index is -0.875. The van der Waals surface area contributed by atoms with Crippen LogP contribution in [0.4, 0.5) is 4.39 Å². The summed E-state index contributed by atoms with van der Waals surface area (Å²) < 4.78 is 18.3. The van der Waals surface area contributed by atoms with Gasteiger partial charge in [0, 0.05) is 0 Å². The van der Waals surface area contributed by atoms with E-state index in [9.17, 15) is 14.3 Å². The van der Waals surface area contributed by atoms with Crippen LogP contribution in [0.2, 0.25) is 0 Å². The van der Waals surface area contributed by atoms with Gasteiger partial charge in [-0.1, -0.05) is 12.1 Å². The Morgan fingerprint density at radius 3 is 2.71 bits per heavy atom. The summed E-state index contributed by atoms with van der Waals surface area (Å²) in [7, 11) is 1.31. The smallest absolute Gasteiger partial charge is 0.316 e. The van der Waals surface area contributed by atoms with E-state index in [0.717, 1.165) is 0 Å². The molecule has 0 unspecified atom stereocenters. The number of carbonyl (C=O) groups excluding carboxylic acids is 1. The van der Waals surface area contributed by atoms with Crippen molar-refractivity contribution in [3.8, 4) is 0 Å². The van der Waals surface area contributed by atoms with Gasteiger partial charge in [-0.25, -0.2) is 4.39 Å².